The molecule has 0 heterocycles. The number of aliphatic hydroxyl groups excluding tert-OH is 6. The Hall–Kier alpha value is -0.756. The molecule has 0 spiro atoms. The molecule has 0 saturated heterocycles. The maximum absolute atomic E-state index is 9.02. The summed E-state index contributed by atoms with van der Waals surface area (Å²) in [7, 11) is 0. The third kappa shape index (κ3) is 24.4. The zero-order valence-electron chi connectivity index (χ0n) is 24.2. The third-order valence-electron chi connectivity index (χ3n) is 5.41. The van der Waals surface area contributed by atoms with Gasteiger partial charge in [-0.15, -0.1) is 23.2 Å². The Balaban J connectivity index is -0.000000630. The van der Waals surface area contributed by atoms with Gasteiger partial charge in [-0.25, -0.2) is 0 Å². The van der Waals surface area contributed by atoms with Crippen molar-refractivity contribution < 1.29 is 49.2 Å². The number of aliphatic hydroxyl groups is 6. The first kappa shape index (κ1) is 44.7. The zero-order chi connectivity index (χ0) is 29.1. The standard InChI is InChI=1S/C16H28N2O4.C8H8Cl2.C4H11NO2.CH3.V/c19-9-5-17(6-10-20)13-15-1-2-16(4-3-15)14-18(7-11-21)8-12-22;9-5-7-1-2-8(6-10)4-3-7;6-3-1-5-2-4-7;;/h1-4,19-22H,5-14H2;1-4H,5-6H2;5-7H,1-4H2;1H3;/q;;;-1;. The van der Waals surface area contributed by atoms with E-state index in [2.05, 4.69) is 5.32 Å². The van der Waals surface area contributed by atoms with E-state index in [0.29, 0.717) is 64.1 Å². The van der Waals surface area contributed by atoms with Crippen LogP contribution in [-0.2, 0) is 43.4 Å². The van der Waals surface area contributed by atoms with Crippen LogP contribution in [0, 0.1) is 7.43 Å². The number of rotatable bonds is 18. The van der Waals surface area contributed by atoms with Crippen LogP contribution in [0.5, 0.6) is 0 Å². The van der Waals surface area contributed by atoms with E-state index in [9.17, 15) is 0 Å². The van der Waals surface area contributed by atoms with Gasteiger partial charge in [0.2, 0.25) is 0 Å². The van der Waals surface area contributed by atoms with Crippen LogP contribution < -0.4 is 5.32 Å². The van der Waals surface area contributed by atoms with Crippen LogP contribution in [0.3, 0.4) is 0 Å². The summed E-state index contributed by atoms with van der Waals surface area (Å²) in [5.74, 6) is 1.14. The molecule has 0 aliphatic rings. The number of nitrogens with zero attached hydrogens (tertiary/aromatic N) is 2. The second-order valence-corrected chi connectivity index (χ2v) is 9.08. The fourth-order valence-corrected chi connectivity index (χ4v) is 3.73. The minimum Gasteiger partial charge on any atom is -0.395 e. The van der Waals surface area contributed by atoms with Crippen molar-refractivity contribution in [1.29, 1.82) is 0 Å². The van der Waals surface area contributed by atoms with Gasteiger partial charge in [-0.3, -0.25) is 9.80 Å². The Morgan fingerprint density at radius 2 is 0.756 bits per heavy atom. The van der Waals surface area contributed by atoms with Gasteiger partial charge in [-0.05, 0) is 22.3 Å². The molecule has 2 aromatic rings. The molecule has 237 valence electrons. The summed E-state index contributed by atoms with van der Waals surface area (Å²) in [5.41, 5.74) is 4.52. The largest absolute Gasteiger partial charge is 0.395 e. The average molecular weight is 659 g/mol. The first-order valence-electron chi connectivity index (χ1n) is 13.1. The molecule has 0 atom stereocenters. The van der Waals surface area contributed by atoms with Gasteiger partial charge in [-0.1, -0.05) is 48.5 Å². The second-order valence-electron chi connectivity index (χ2n) is 8.54. The molecular weight excluding hydrogens is 608 g/mol. The number of hydrogen-bond acceptors (Lipinski definition) is 9. The Kier molecular flexibility index (Phi) is 35.1. The smallest absolute Gasteiger partial charge is 0.0558 e. The number of halogens is 2. The molecular formula is C29H50Cl2N3O6V-. The van der Waals surface area contributed by atoms with Crippen molar-refractivity contribution in [3.8, 4) is 0 Å². The normalized spacial score (nSPS) is 10.2. The molecule has 1 radical (unpaired) electrons. The quantitative estimate of drug-likeness (QED) is 0.0721. The summed E-state index contributed by atoms with van der Waals surface area (Å²) in [6.45, 7) is 5.30. The van der Waals surface area contributed by atoms with E-state index in [1.807, 2.05) is 58.3 Å². The fourth-order valence-electron chi connectivity index (χ4n) is 3.37. The molecule has 0 saturated carbocycles. The van der Waals surface area contributed by atoms with Crippen molar-refractivity contribution >= 4 is 23.2 Å². The molecule has 41 heavy (non-hydrogen) atoms. The topological polar surface area (TPSA) is 140 Å². The van der Waals surface area contributed by atoms with Gasteiger partial charge in [-0.2, -0.15) is 0 Å². The van der Waals surface area contributed by atoms with Crippen LogP contribution in [0.2, 0.25) is 0 Å². The molecule has 2 rings (SSSR count). The Morgan fingerprint density at radius 1 is 0.488 bits per heavy atom. The first-order chi connectivity index (χ1) is 19.0. The van der Waals surface area contributed by atoms with Gasteiger partial charge in [0.05, 0.1) is 39.6 Å². The van der Waals surface area contributed by atoms with Crippen molar-refractivity contribution in [3.63, 3.8) is 0 Å². The number of nitrogens with one attached hydrogen (secondary N) is 1. The SMILES string of the molecule is ClCc1ccc(CCl)cc1.OCCN(CCO)Cc1ccc(CN(CCO)CCO)cc1.OCCNCCO.[CH3-].[V]. The van der Waals surface area contributed by atoms with Gasteiger partial charge in [0.15, 0.2) is 0 Å². The molecule has 2 aromatic carbocycles. The summed E-state index contributed by atoms with van der Waals surface area (Å²) in [6, 6.07) is 16.1. The van der Waals surface area contributed by atoms with Crippen molar-refractivity contribution in [3.05, 3.63) is 78.2 Å². The van der Waals surface area contributed by atoms with E-state index < -0.39 is 0 Å². The van der Waals surface area contributed by atoms with E-state index in [1.165, 1.54) is 0 Å². The molecule has 0 aliphatic carbocycles. The van der Waals surface area contributed by atoms with Gasteiger partial charge in [0, 0.05) is 82.7 Å². The molecule has 0 bridgehead atoms. The number of hydrogen-bond donors (Lipinski definition) is 7. The summed E-state index contributed by atoms with van der Waals surface area (Å²) in [5, 5.41) is 55.1. The first-order valence-corrected chi connectivity index (χ1v) is 14.2. The van der Waals surface area contributed by atoms with Gasteiger partial charge >= 0.3 is 0 Å². The third-order valence-corrected chi connectivity index (χ3v) is 6.03. The summed E-state index contributed by atoms with van der Waals surface area (Å²) in [4.78, 5) is 4.00. The Labute approximate surface area is 268 Å². The van der Waals surface area contributed by atoms with Crippen molar-refractivity contribution in [2.75, 3.05) is 78.9 Å². The maximum Gasteiger partial charge on any atom is 0.0558 e. The predicted molar refractivity (Wildman–Crippen MR) is 164 cm³/mol. The molecule has 0 unspecified atom stereocenters. The van der Waals surface area contributed by atoms with E-state index in [-0.39, 0.29) is 65.6 Å². The van der Waals surface area contributed by atoms with Gasteiger partial charge < -0.3 is 43.4 Å². The van der Waals surface area contributed by atoms with Crippen LogP contribution in [0.4, 0.5) is 0 Å². The molecule has 0 aliphatic heterocycles. The molecule has 7 N–H and O–H groups in total. The number of alkyl halides is 2. The molecule has 12 heteroatoms. The molecule has 0 aromatic heterocycles. The predicted octanol–water partition coefficient (Wildman–Crippen LogP) is 1.43. The van der Waals surface area contributed by atoms with Crippen molar-refractivity contribution in [2.45, 2.75) is 24.8 Å². The van der Waals surface area contributed by atoms with E-state index in [4.69, 9.17) is 53.8 Å². The van der Waals surface area contributed by atoms with Crippen LogP contribution in [0.1, 0.15) is 22.3 Å². The summed E-state index contributed by atoms with van der Waals surface area (Å²) in [6.07, 6.45) is 0. The monoisotopic (exact) mass is 657 g/mol. The maximum atomic E-state index is 9.02. The fraction of sp³-hybridized carbons (Fsp3) is 0.552. The summed E-state index contributed by atoms with van der Waals surface area (Å²) >= 11 is 11.2. The van der Waals surface area contributed by atoms with Crippen LogP contribution in [0.15, 0.2) is 48.5 Å². The minimum atomic E-state index is 0. The van der Waals surface area contributed by atoms with Crippen LogP contribution in [0.25, 0.3) is 0 Å². The van der Waals surface area contributed by atoms with Gasteiger partial charge in [0.25, 0.3) is 0 Å². The molecule has 0 amide bonds. The summed E-state index contributed by atoms with van der Waals surface area (Å²) < 4.78 is 0. The van der Waals surface area contributed by atoms with Crippen molar-refractivity contribution in [2.24, 2.45) is 0 Å². The number of benzene rings is 2. The van der Waals surface area contributed by atoms with Crippen molar-refractivity contribution in [1.82, 2.24) is 15.1 Å². The average Bonchev–Trinajstić information content (AvgIpc) is 2.96. The van der Waals surface area contributed by atoms with E-state index in [0.717, 1.165) is 22.3 Å². The van der Waals surface area contributed by atoms with E-state index in [1.54, 1.807) is 0 Å². The zero-order valence-corrected chi connectivity index (χ0v) is 27.1. The Morgan fingerprint density at radius 3 is 0.976 bits per heavy atom. The minimum absolute atomic E-state index is 0. The van der Waals surface area contributed by atoms with Gasteiger partial charge in [0.1, 0.15) is 0 Å². The second kappa shape index (κ2) is 32.2. The van der Waals surface area contributed by atoms with Crippen LogP contribution >= 0.6 is 23.2 Å². The Bertz CT molecular complexity index is 719. The van der Waals surface area contributed by atoms with E-state index >= 15 is 0 Å². The molecule has 9 nitrogen and oxygen atoms in total. The molecule has 0 fully saturated rings. The van der Waals surface area contributed by atoms with Crippen LogP contribution in [-0.4, -0.2) is 119 Å².